The first kappa shape index (κ1) is 15.1. The van der Waals surface area contributed by atoms with Gasteiger partial charge in [-0.15, -0.1) is 0 Å². The number of likely N-dealkylation sites (tertiary alicyclic amines) is 1. The molecule has 1 N–H and O–H groups in total. The fourth-order valence-corrected chi connectivity index (χ4v) is 4.43. The second-order valence-corrected chi connectivity index (χ2v) is 7.30. The molecule has 1 spiro atoms. The van der Waals surface area contributed by atoms with Gasteiger partial charge in [0.05, 0.1) is 18.1 Å². The Morgan fingerprint density at radius 2 is 2.13 bits per heavy atom. The van der Waals surface area contributed by atoms with Crippen molar-refractivity contribution in [2.75, 3.05) is 31.7 Å². The predicted octanol–water partition coefficient (Wildman–Crippen LogP) is 2.92. The third kappa shape index (κ3) is 2.46. The Labute approximate surface area is 140 Å². The van der Waals surface area contributed by atoms with Crippen LogP contribution in [0.15, 0.2) is 24.3 Å². The van der Waals surface area contributed by atoms with Gasteiger partial charge in [-0.2, -0.15) is 11.8 Å². The van der Waals surface area contributed by atoms with E-state index in [1.165, 1.54) is 22.2 Å². The summed E-state index contributed by atoms with van der Waals surface area (Å²) in [6.07, 6.45) is 4.71. The van der Waals surface area contributed by atoms with Crippen LogP contribution in [-0.2, 0) is 21.6 Å². The van der Waals surface area contributed by atoms with Crippen molar-refractivity contribution in [2.24, 2.45) is 0 Å². The van der Waals surface area contributed by atoms with Crippen LogP contribution in [0.3, 0.4) is 0 Å². The fourth-order valence-electron chi connectivity index (χ4n) is 4.00. The zero-order valence-corrected chi connectivity index (χ0v) is 14.2. The van der Waals surface area contributed by atoms with Gasteiger partial charge in [-0.25, -0.2) is 0 Å². The standard InChI is InChI=1S/C18H22N2O2S/c1-23-12-16(21)20-9-7-18(8-10-20)17-14(6-11-22-18)13-4-2-3-5-15(13)19-17/h2-5,19H,6-12H2,1H3. The maximum atomic E-state index is 12.1. The molecule has 4 rings (SSSR count). The number of H-pyrrole nitrogens is 1. The summed E-state index contributed by atoms with van der Waals surface area (Å²) in [5.41, 5.74) is 3.63. The summed E-state index contributed by atoms with van der Waals surface area (Å²) in [6, 6.07) is 8.50. The highest BCUT2D eigenvalue weighted by Crippen LogP contribution is 2.43. The van der Waals surface area contributed by atoms with E-state index in [4.69, 9.17) is 4.74 Å². The molecule has 1 saturated heterocycles. The molecule has 23 heavy (non-hydrogen) atoms. The molecule has 3 heterocycles. The number of aromatic amines is 1. The van der Waals surface area contributed by atoms with Crippen molar-refractivity contribution < 1.29 is 9.53 Å². The Morgan fingerprint density at radius 3 is 2.91 bits per heavy atom. The van der Waals surface area contributed by atoms with Gasteiger partial charge in [-0.1, -0.05) is 18.2 Å². The van der Waals surface area contributed by atoms with Crippen LogP contribution in [0.4, 0.5) is 0 Å². The van der Waals surface area contributed by atoms with Crippen LogP contribution in [0.5, 0.6) is 0 Å². The van der Waals surface area contributed by atoms with Crippen LogP contribution in [-0.4, -0.2) is 47.5 Å². The Hall–Kier alpha value is -1.46. The van der Waals surface area contributed by atoms with E-state index >= 15 is 0 Å². The Morgan fingerprint density at radius 1 is 1.35 bits per heavy atom. The summed E-state index contributed by atoms with van der Waals surface area (Å²) in [7, 11) is 0. The van der Waals surface area contributed by atoms with Crippen molar-refractivity contribution in [1.29, 1.82) is 0 Å². The lowest BCUT2D eigenvalue weighted by atomic mass is 9.83. The number of ether oxygens (including phenoxy) is 1. The monoisotopic (exact) mass is 330 g/mol. The molecule has 5 heteroatoms. The number of nitrogens with one attached hydrogen (secondary N) is 1. The predicted molar refractivity (Wildman–Crippen MR) is 93.8 cm³/mol. The van der Waals surface area contributed by atoms with E-state index in [0.29, 0.717) is 5.75 Å². The summed E-state index contributed by atoms with van der Waals surface area (Å²) in [4.78, 5) is 17.7. The van der Waals surface area contributed by atoms with Crippen LogP contribution >= 0.6 is 11.8 Å². The topological polar surface area (TPSA) is 45.3 Å². The van der Waals surface area contributed by atoms with Crippen LogP contribution in [0, 0.1) is 0 Å². The lowest BCUT2D eigenvalue weighted by Gasteiger charge is -2.43. The average molecular weight is 330 g/mol. The third-order valence-electron chi connectivity index (χ3n) is 5.19. The number of nitrogens with zero attached hydrogens (tertiary/aromatic N) is 1. The van der Waals surface area contributed by atoms with Gasteiger partial charge < -0.3 is 14.6 Å². The summed E-state index contributed by atoms with van der Waals surface area (Å²) in [5.74, 6) is 0.825. The first-order valence-corrected chi connectivity index (χ1v) is 9.64. The number of carbonyl (C=O) groups excluding carboxylic acids is 1. The molecule has 4 nitrogen and oxygen atoms in total. The molecule has 0 unspecified atom stereocenters. The maximum absolute atomic E-state index is 12.1. The Kier molecular flexibility index (Phi) is 3.85. The van der Waals surface area contributed by atoms with Gasteiger partial charge in [0.2, 0.25) is 5.91 Å². The summed E-state index contributed by atoms with van der Waals surface area (Å²) in [6.45, 7) is 2.34. The molecule has 0 saturated carbocycles. The van der Waals surface area contributed by atoms with E-state index in [-0.39, 0.29) is 11.5 Å². The molecule has 1 amide bonds. The van der Waals surface area contributed by atoms with Crippen LogP contribution in [0.25, 0.3) is 10.9 Å². The average Bonchev–Trinajstić information content (AvgIpc) is 2.96. The highest BCUT2D eigenvalue weighted by molar-refractivity contribution is 7.99. The van der Waals surface area contributed by atoms with Crippen LogP contribution in [0.1, 0.15) is 24.1 Å². The Balaban J connectivity index is 1.63. The molecule has 2 aliphatic rings. The molecule has 0 atom stereocenters. The minimum Gasteiger partial charge on any atom is -0.368 e. The highest BCUT2D eigenvalue weighted by atomic mass is 32.2. The number of benzene rings is 1. The first-order chi connectivity index (χ1) is 11.2. The van der Waals surface area contributed by atoms with Gasteiger partial charge in [-0.05, 0) is 37.1 Å². The molecular weight excluding hydrogens is 308 g/mol. The molecule has 0 bridgehead atoms. The minimum absolute atomic E-state index is 0.233. The molecule has 2 aromatic rings. The smallest absolute Gasteiger partial charge is 0.232 e. The number of para-hydroxylation sites is 1. The number of amides is 1. The minimum atomic E-state index is -0.233. The molecule has 1 aromatic heterocycles. The first-order valence-electron chi connectivity index (χ1n) is 8.24. The van der Waals surface area contributed by atoms with Crippen molar-refractivity contribution in [2.45, 2.75) is 24.9 Å². The molecule has 1 aromatic carbocycles. The zero-order chi connectivity index (χ0) is 15.9. The van der Waals surface area contributed by atoms with E-state index in [9.17, 15) is 4.79 Å². The van der Waals surface area contributed by atoms with Crippen LogP contribution in [0.2, 0.25) is 0 Å². The highest BCUT2D eigenvalue weighted by Gasteiger charge is 2.43. The van der Waals surface area contributed by atoms with Gasteiger partial charge in [0.25, 0.3) is 0 Å². The number of hydrogen-bond acceptors (Lipinski definition) is 3. The second-order valence-electron chi connectivity index (χ2n) is 6.43. The van der Waals surface area contributed by atoms with Crippen molar-refractivity contribution in [1.82, 2.24) is 9.88 Å². The lowest BCUT2D eigenvalue weighted by Crippen LogP contribution is -2.48. The number of fused-ring (bicyclic) bond motifs is 4. The molecule has 0 aliphatic carbocycles. The molecule has 0 radical (unpaired) electrons. The van der Waals surface area contributed by atoms with E-state index in [0.717, 1.165) is 39.0 Å². The van der Waals surface area contributed by atoms with E-state index < -0.39 is 0 Å². The van der Waals surface area contributed by atoms with Gasteiger partial charge in [0.1, 0.15) is 5.60 Å². The number of thioether (sulfide) groups is 1. The van der Waals surface area contributed by atoms with E-state index in [1.807, 2.05) is 11.2 Å². The van der Waals surface area contributed by atoms with Gasteiger partial charge in [-0.3, -0.25) is 4.79 Å². The fraction of sp³-hybridized carbons (Fsp3) is 0.500. The maximum Gasteiger partial charge on any atom is 0.232 e. The Bertz CT molecular complexity index is 732. The van der Waals surface area contributed by atoms with Gasteiger partial charge in [0, 0.05) is 24.0 Å². The van der Waals surface area contributed by atoms with Gasteiger partial charge >= 0.3 is 0 Å². The summed E-state index contributed by atoms with van der Waals surface area (Å²) >= 11 is 1.59. The van der Waals surface area contributed by atoms with Crippen molar-refractivity contribution in [3.8, 4) is 0 Å². The number of piperidine rings is 1. The third-order valence-corrected chi connectivity index (χ3v) is 5.73. The van der Waals surface area contributed by atoms with Gasteiger partial charge in [0.15, 0.2) is 0 Å². The summed E-state index contributed by atoms with van der Waals surface area (Å²) < 4.78 is 6.28. The molecule has 1 fully saturated rings. The largest absolute Gasteiger partial charge is 0.368 e. The second kappa shape index (κ2) is 5.87. The SMILES string of the molecule is CSCC(=O)N1CCC2(CC1)OCCc1c2[nH]c2ccccc12. The molecule has 122 valence electrons. The number of aromatic nitrogens is 1. The lowest BCUT2D eigenvalue weighted by molar-refractivity contribution is -0.138. The van der Waals surface area contributed by atoms with Crippen molar-refractivity contribution >= 4 is 28.6 Å². The number of hydrogen-bond donors (Lipinski definition) is 1. The number of carbonyl (C=O) groups is 1. The molecular formula is C18H22N2O2S. The number of rotatable bonds is 2. The zero-order valence-electron chi connectivity index (χ0n) is 13.4. The van der Waals surface area contributed by atoms with Crippen molar-refractivity contribution in [3.05, 3.63) is 35.5 Å². The van der Waals surface area contributed by atoms with E-state index in [1.54, 1.807) is 11.8 Å². The van der Waals surface area contributed by atoms with E-state index in [2.05, 4.69) is 29.2 Å². The van der Waals surface area contributed by atoms with Crippen LogP contribution < -0.4 is 0 Å². The van der Waals surface area contributed by atoms with Crippen molar-refractivity contribution in [3.63, 3.8) is 0 Å². The summed E-state index contributed by atoms with van der Waals surface area (Å²) in [5, 5.41) is 1.33. The molecule has 2 aliphatic heterocycles. The quantitative estimate of drug-likeness (QED) is 0.921. The normalized spacial score (nSPS) is 20.0.